The van der Waals surface area contributed by atoms with Crippen LogP contribution in [0.25, 0.3) is 0 Å². The van der Waals surface area contributed by atoms with E-state index in [9.17, 15) is 0 Å². The summed E-state index contributed by atoms with van der Waals surface area (Å²) >= 11 is 1.73. The minimum atomic E-state index is 0.186. The highest BCUT2D eigenvalue weighted by atomic mass is 32.1. The van der Waals surface area contributed by atoms with Crippen LogP contribution in [0.2, 0.25) is 0 Å². The van der Waals surface area contributed by atoms with E-state index in [4.69, 9.17) is 5.73 Å². The van der Waals surface area contributed by atoms with E-state index >= 15 is 0 Å². The van der Waals surface area contributed by atoms with Crippen molar-refractivity contribution in [2.45, 2.75) is 39.8 Å². The van der Waals surface area contributed by atoms with Crippen LogP contribution in [0.15, 0.2) is 16.8 Å². The predicted molar refractivity (Wildman–Crippen MR) is 72.5 cm³/mol. The summed E-state index contributed by atoms with van der Waals surface area (Å²) in [6.07, 6.45) is 0.904. The lowest BCUT2D eigenvalue weighted by molar-refractivity contribution is 0.657. The van der Waals surface area contributed by atoms with Gasteiger partial charge in [-0.25, -0.2) is 0 Å². The van der Waals surface area contributed by atoms with Crippen LogP contribution in [-0.2, 0) is 13.0 Å². The Bertz CT molecular complexity index is 483. The van der Waals surface area contributed by atoms with E-state index in [1.165, 1.54) is 16.8 Å². The van der Waals surface area contributed by atoms with E-state index in [1.807, 2.05) is 6.92 Å². The van der Waals surface area contributed by atoms with Crippen molar-refractivity contribution in [1.82, 2.24) is 9.78 Å². The molecule has 0 aliphatic rings. The van der Waals surface area contributed by atoms with Gasteiger partial charge in [0.1, 0.15) is 0 Å². The molecule has 0 aromatic carbocycles. The maximum Gasteiger partial charge on any atom is 0.0670 e. The lowest BCUT2D eigenvalue weighted by Gasteiger charge is -2.06. The first-order valence-corrected chi connectivity index (χ1v) is 6.81. The average molecular weight is 249 g/mol. The van der Waals surface area contributed by atoms with E-state index in [1.54, 1.807) is 11.3 Å². The zero-order valence-electron chi connectivity index (χ0n) is 10.6. The monoisotopic (exact) mass is 249 g/mol. The molecule has 2 aromatic heterocycles. The van der Waals surface area contributed by atoms with Crippen LogP contribution >= 0.6 is 11.3 Å². The Morgan fingerprint density at radius 3 is 2.82 bits per heavy atom. The van der Waals surface area contributed by atoms with Gasteiger partial charge in [-0.05, 0) is 55.1 Å². The highest BCUT2D eigenvalue weighted by Gasteiger charge is 2.12. The molecule has 0 saturated carbocycles. The molecule has 1 unspecified atom stereocenters. The van der Waals surface area contributed by atoms with Crippen molar-refractivity contribution >= 4 is 11.3 Å². The lowest BCUT2D eigenvalue weighted by atomic mass is 10.1. The van der Waals surface area contributed by atoms with Crippen LogP contribution in [0.1, 0.15) is 29.4 Å². The number of aryl methyl sites for hydroxylation is 1. The van der Waals surface area contributed by atoms with Crippen molar-refractivity contribution in [1.29, 1.82) is 0 Å². The first kappa shape index (κ1) is 12.3. The van der Waals surface area contributed by atoms with Crippen LogP contribution in [0.5, 0.6) is 0 Å². The van der Waals surface area contributed by atoms with Crippen molar-refractivity contribution in [3.63, 3.8) is 0 Å². The molecule has 0 amide bonds. The van der Waals surface area contributed by atoms with E-state index in [0.29, 0.717) is 0 Å². The largest absolute Gasteiger partial charge is 0.328 e. The number of hydrogen-bond acceptors (Lipinski definition) is 3. The third kappa shape index (κ3) is 2.76. The number of nitrogens with two attached hydrogens (primary N) is 1. The SMILES string of the molecule is Cc1nn(Cc2ccsc2)c(C)c1CC(C)N. The average Bonchev–Trinajstić information content (AvgIpc) is 2.83. The molecule has 2 rings (SSSR count). The minimum Gasteiger partial charge on any atom is -0.328 e. The second-order valence-corrected chi connectivity index (χ2v) is 5.40. The van der Waals surface area contributed by atoms with E-state index in [0.717, 1.165) is 18.7 Å². The molecule has 0 saturated heterocycles. The molecule has 0 aliphatic heterocycles. The molecule has 2 heterocycles. The highest BCUT2D eigenvalue weighted by molar-refractivity contribution is 7.07. The predicted octanol–water partition coefficient (Wildman–Crippen LogP) is 2.50. The quantitative estimate of drug-likeness (QED) is 0.904. The number of thiophene rings is 1. The van der Waals surface area contributed by atoms with Gasteiger partial charge in [0.2, 0.25) is 0 Å². The van der Waals surface area contributed by atoms with E-state index in [-0.39, 0.29) is 6.04 Å². The van der Waals surface area contributed by atoms with Crippen molar-refractivity contribution < 1.29 is 0 Å². The molecule has 0 aliphatic carbocycles. The standard InChI is InChI=1S/C13H19N3S/c1-9(14)6-13-10(2)15-16(11(13)3)7-12-4-5-17-8-12/h4-5,8-9H,6-7,14H2,1-3H3. The normalized spacial score (nSPS) is 12.9. The maximum absolute atomic E-state index is 5.87. The van der Waals surface area contributed by atoms with Gasteiger partial charge in [0.05, 0.1) is 12.2 Å². The number of aromatic nitrogens is 2. The summed E-state index contributed by atoms with van der Waals surface area (Å²) in [5, 5.41) is 8.87. The Morgan fingerprint density at radius 2 is 2.24 bits per heavy atom. The van der Waals surface area contributed by atoms with Crippen LogP contribution < -0.4 is 5.73 Å². The molecule has 0 fully saturated rings. The fourth-order valence-electron chi connectivity index (χ4n) is 2.06. The second kappa shape index (κ2) is 5.02. The Morgan fingerprint density at radius 1 is 1.47 bits per heavy atom. The third-order valence-electron chi connectivity index (χ3n) is 2.97. The number of nitrogens with zero attached hydrogens (tertiary/aromatic N) is 2. The van der Waals surface area contributed by atoms with Gasteiger partial charge >= 0.3 is 0 Å². The van der Waals surface area contributed by atoms with Crippen LogP contribution in [0.3, 0.4) is 0 Å². The molecule has 3 nitrogen and oxygen atoms in total. The zero-order chi connectivity index (χ0) is 12.4. The van der Waals surface area contributed by atoms with E-state index < -0.39 is 0 Å². The number of hydrogen-bond donors (Lipinski definition) is 1. The second-order valence-electron chi connectivity index (χ2n) is 4.62. The first-order chi connectivity index (χ1) is 8.08. The molecular formula is C13H19N3S. The third-order valence-corrected chi connectivity index (χ3v) is 3.70. The fourth-order valence-corrected chi connectivity index (χ4v) is 2.72. The molecule has 0 radical (unpaired) electrons. The summed E-state index contributed by atoms with van der Waals surface area (Å²) in [5.41, 5.74) is 10.8. The first-order valence-electron chi connectivity index (χ1n) is 5.87. The molecule has 2 N–H and O–H groups in total. The molecule has 2 aromatic rings. The van der Waals surface area contributed by atoms with Crippen LogP contribution in [-0.4, -0.2) is 15.8 Å². The number of rotatable bonds is 4. The highest BCUT2D eigenvalue weighted by Crippen LogP contribution is 2.17. The molecule has 4 heteroatoms. The summed E-state index contributed by atoms with van der Waals surface area (Å²) in [6, 6.07) is 2.33. The molecule has 0 bridgehead atoms. The van der Waals surface area contributed by atoms with Gasteiger partial charge < -0.3 is 5.73 Å². The Labute approximate surface area is 106 Å². The lowest BCUT2D eigenvalue weighted by Crippen LogP contribution is -2.18. The Kier molecular flexibility index (Phi) is 3.64. The van der Waals surface area contributed by atoms with Gasteiger partial charge in [-0.15, -0.1) is 0 Å². The summed E-state index contributed by atoms with van der Waals surface area (Å²) in [5.74, 6) is 0. The Balaban J connectivity index is 2.24. The zero-order valence-corrected chi connectivity index (χ0v) is 11.4. The van der Waals surface area contributed by atoms with Gasteiger partial charge in [0, 0.05) is 11.7 Å². The van der Waals surface area contributed by atoms with Crippen LogP contribution in [0.4, 0.5) is 0 Å². The van der Waals surface area contributed by atoms with Crippen molar-refractivity contribution in [3.05, 3.63) is 39.3 Å². The fraction of sp³-hybridized carbons (Fsp3) is 0.462. The van der Waals surface area contributed by atoms with Crippen molar-refractivity contribution in [2.75, 3.05) is 0 Å². The molecule has 17 heavy (non-hydrogen) atoms. The van der Waals surface area contributed by atoms with Gasteiger partial charge in [0.15, 0.2) is 0 Å². The maximum atomic E-state index is 5.87. The van der Waals surface area contributed by atoms with Gasteiger partial charge in [-0.1, -0.05) is 0 Å². The van der Waals surface area contributed by atoms with Crippen molar-refractivity contribution in [2.24, 2.45) is 5.73 Å². The van der Waals surface area contributed by atoms with Gasteiger partial charge in [-0.2, -0.15) is 16.4 Å². The molecule has 92 valence electrons. The van der Waals surface area contributed by atoms with Crippen molar-refractivity contribution in [3.8, 4) is 0 Å². The molecule has 1 atom stereocenters. The summed E-state index contributed by atoms with van der Waals surface area (Å²) in [7, 11) is 0. The van der Waals surface area contributed by atoms with Gasteiger partial charge in [-0.3, -0.25) is 4.68 Å². The smallest absolute Gasteiger partial charge is 0.0670 e. The summed E-state index contributed by atoms with van der Waals surface area (Å²) in [4.78, 5) is 0. The topological polar surface area (TPSA) is 43.8 Å². The Hall–Kier alpha value is -1.13. The van der Waals surface area contributed by atoms with E-state index in [2.05, 4.69) is 40.5 Å². The minimum absolute atomic E-state index is 0.186. The van der Waals surface area contributed by atoms with Crippen LogP contribution in [0, 0.1) is 13.8 Å². The molecular weight excluding hydrogens is 230 g/mol. The summed E-state index contributed by atoms with van der Waals surface area (Å²) in [6.45, 7) is 7.09. The van der Waals surface area contributed by atoms with Gasteiger partial charge in [0.25, 0.3) is 0 Å². The summed E-state index contributed by atoms with van der Waals surface area (Å²) < 4.78 is 2.08. The molecule has 0 spiro atoms.